The van der Waals surface area contributed by atoms with Crippen LogP contribution in [-0.4, -0.2) is 56.6 Å². The molecule has 1 aliphatic heterocycles. The van der Waals surface area contributed by atoms with E-state index in [-0.39, 0.29) is 16.5 Å². The van der Waals surface area contributed by atoms with Crippen molar-refractivity contribution in [1.82, 2.24) is 4.90 Å². The molecule has 2 aromatic rings. The van der Waals surface area contributed by atoms with Crippen LogP contribution in [0.2, 0.25) is 0 Å². The Balaban J connectivity index is 1.69. The van der Waals surface area contributed by atoms with E-state index in [2.05, 4.69) is 4.90 Å². The van der Waals surface area contributed by atoms with E-state index in [9.17, 15) is 23.3 Å². The maximum Gasteiger partial charge on any atom is 0.272 e. The molecule has 0 atom stereocenters. The number of hydrogen-bond acceptors (Lipinski definition) is 6. The van der Waals surface area contributed by atoms with Crippen LogP contribution in [0.4, 0.5) is 11.4 Å². The highest BCUT2D eigenvalue weighted by atomic mass is 32.2. The molecule has 1 amide bonds. The summed E-state index contributed by atoms with van der Waals surface area (Å²) in [6, 6.07) is 11.1. The van der Waals surface area contributed by atoms with Crippen LogP contribution >= 0.6 is 0 Å². The highest BCUT2D eigenvalue weighted by Gasteiger charge is 2.24. The molecule has 148 valence electrons. The molecule has 2 aromatic carbocycles. The number of amides is 1. The second-order valence-corrected chi connectivity index (χ2v) is 8.82. The van der Waals surface area contributed by atoms with Gasteiger partial charge >= 0.3 is 0 Å². The van der Waals surface area contributed by atoms with Crippen LogP contribution in [0.3, 0.4) is 0 Å². The highest BCUT2D eigenvalue weighted by Crippen LogP contribution is 2.25. The van der Waals surface area contributed by atoms with Gasteiger partial charge < -0.3 is 9.80 Å². The maximum atomic E-state index is 12.7. The van der Waals surface area contributed by atoms with Crippen molar-refractivity contribution in [2.75, 3.05) is 37.3 Å². The van der Waals surface area contributed by atoms with E-state index in [0.29, 0.717) is 37.3 Å². The molecule has 28 heavy (non-hydrogen) atoms. The zero-order valence-corrected chi connectivity index (χ0v) is 16.5. The Morgan fingerprint density at radius 1 is 1.07 bits per heavy atom. The molecule has 0 N–H and O–H groups in total. The molecule has 0 aliphatic carbocycles. The van der Waals surface area contributed by atoms with E-state index >= 15 is 0 Å². The van der Waals surface area contributed by atoms with Crippen molar-refractivity contribution in [2.24, 2.45) is 0 Å². The van der Waals surface area contributed by atoms with Gasteiger partial charge in [0.15, 0.2) is 9.84 Å². The van der Waals surface area contributed by atoms with Gasteiger partial charge in [-0.1, -0.05) is 6.07 Å². The lowest BCUT2D eigenvalue weighted by Gasteiger charge is -2.36. The smallest absolute Gasteiger partial charge is 0.272 e. The number of piperazine rings is 1. The zero-order valence-electron chi connectivity index (χ0n) is 15.7. The Bertz CT molecular complexity index is 1030. The van der Waals surface area contributed by atoms with Crippen LogP contribution in [0.15, 0.2) is 47.4 Å². The van der Waals surface area contributed by atoms with Crippen molar-refractivity contribution < 1.29 is 18.1 Å². The van der Waals surface area contributed by atoms with Gasteiger partial charge in [-0.15, -0.1) is 0 Å². The van der Waals surface area contributed by atoms with Crippen molar-refractivity contribution in [3.63, 3.8) is 0 Å². The summed E-state index contributed by atoms with van der Waals surface area (Å²) in [6.45, 7) is 3.86. The van der Waals surface area contributed by atoms with E-state index in [4.69, 9.17) is 0 Å². The number of sulfone groups is 1. The number of carbonyl (C=O) groups is 1. The fraction of sp³-hybridized carbons (Fsp3) is 0.316. The Kier molecular flexibility index (Phi) is 5.37. The summed E-state index contributed by atoms with van der Waals surface area (Å²) in [5, 5.41) is 11.0. The minimum Gasteiger partial charge on any atom is -0.368 e. The molecule has 9 heteroatoms. The van der Waals surface area contributed by atoms with E-state index in [1.807, 2.05) is 0 Å². The Labute approximate surface area is 163 Å². The monoisotopic (exact) mass is 403 g/mol. The van der Waals surface area contributed by atoms with Crippen LogP contribution < -0.4 is 4.90 Å². The molecule has 0 saturated carbocycles. The van der Waals surface area contributed by atoms with Crippen LogP contribution in [0.1, 0.15) is 15.9 Å². The fourth-order valence-corrected chi connectivity index (χ4v) is 3.92. The molecule has 1 aliphatic rings. The topological polar surface area (TPSA) is 101 Å². The molecule has 8 nitrogen and oxygen atoms in total. The van der Waals surface area contributed by atoms with Gasteiger partial charge in [-0.3, -0.25) is 14.9 Å². The standard InChI is InChI=1S/C19H21N3O5S/c1-14-12-16(6-7-18(14)22(24)25)20-8-10-21(11-9-20)19(23)15-4-3-5-17(13-15)28(2,26)27/h3-7,12-13H,8-11H2,1-2H3. The van der Waals surface area contributed by atoms with Crippen LogP contribution in [-0.2, 0) is 9.84 Å². The minimum absolute atomic E-state index is 0.0864. The van der Waals surface area contributed by atoms with Gasteiger partial charge in [-0.25, -0.2) is 8.42 Å². The average Bonchev–Trinajstić information content (AvgIpc) is 2.66. The highest BCUT2D eigenvalue weighted by molar-refractivity contribution is 7.90. The quantitative estimate of drug-likeness (QED) is 0.573. The second kappa shape index (κ2) is 7.59. The summed E-state index contributed by atoms with van der Waals surface area (Å²) in [5.41, 5.74) is 1.92. The lowest BCUT2D eigenvalue weighted by molar-refractivity contribution is -0.385. The van der Waals surface area contributed by atoms with E-state index in [1.54, 1.807) is 36.1 Å². The van der Waals surface area contributed by atoms with Gasteiger partial charge in [0.05, 0.1) is 9.82 Å². The largest absolute Gasteiger partial charge is 0.368 e. The summed E-state index contributed by atoms with van der Waals surface area (Å²) in [7, 11) is -3.38. The number of nitro benzene ring substituents is 1. The van der Waals surface area contributed by atoms with Gasteiger partial charge in [-0.2, -0.15) is 0 Å². The van der Waals surface area contributed by atoms with Gasteiger partial charge in [0, 0.05) is 55.3 Å². The molecule has 1 saturated heterocycles. The third-order valence-corrected chi connectivity index (χ3v) is 5.93. The lowest BCUT2D eigenvalue weighted by atomic mass is 10.1. The molecule has 0 bridgehead atoms. The van der Waals surface area contributed by atoms with Crippen LogP contribution in [0.5, 0.6) is 0 Å². The Morgan fingerprint density at radius 2 is 1.75 bits per heavy atom. The molecular formula is C19H21N3O5S. The van der Waals surface area contributed by atoms with Gasteiger partial charge in [0.1, 0.15) is 0 Å². The van der Waals surface area contributed by atoms with E-state index < -0.39 is 14.8 Å². The first-order valence-electron chi connectivity index (χ1n) is 8.76. The van der Waals surface area contributed by atoms with Crippen molar-refractivity contribution >= 4 is 27.1 Å². The number of nitrogens with zero attached hydrogens (tertiary/aromatic N) is 3. The lowest BCUT2D eigenvalue weighted by Crippen LogP contribution is -2.48. The normalized spacial score (nSPS) is 14.8. The molecule has 1 heterocycles. The van der Waals surface area contributed by atoms with E-state index in [0.717, 1.165) is 11.9 Å². The van der Waals surface area contributed by atoms with Gasteiger partial charge in [-0.05, 0) is 37.3 Å². The fourth-order valence-electron chi connectivity index (χ4n) is 3.25. The summed E-state index contributed by atoms with van der Waals surface area (Å²) < 4.78 is 23.4. The molecule has 0 aromatic heterocycles. The summed E-state index contributed by atoms with van der Waals surface area (Å²) in [6.07, 6.45) is 1.11. The number of hydrogen-bond donors (Lipinski definition) is 0. The molecule has 0 spiro atoms. The Hall–Kier alpha value is -2.94. The predicted octanol–water partition coefficient (Wildman–Crippen LogP) is 2.27. The number of nitro groups is 1. The zero-order chi connectivity index (χ0) is 20.5. The SMILES string of the molecule is Cc1cc(N2CCN(C(=O)c3cccc(S(C)(=O)=O)c3)CC2)ccc1[N+](=O)[O-]. The minimum atomic E-state index is -3.38. The molecule has 1 fully saturated rings. The van der Waals surface area contributed by atoms with Crippen molar-refractivity contribution in [2.45, 2.75) is 11.8 Å². The number of rotatable bonds is 4. The first kappa shape index (κ1) is 19.8. The molecule has 0 unspecified atom stereocenters. The Morgan fingerprint density at radius 3 is 2.32 bits per heavy atom. The first-order chi connectivity index (χ1) is 13.2. The molecule has 3 rings (SSSR count). The summed E-state index contributed by atoms with van der Waals surface area (Å²) in [4.78, 5) is 27.2. The van der Waals surface area contributed by atoms with Gasteiger partial charge in [0.2, 0.25) is 0 Å². The van der Waals surface area contributed by atoms with Crippen LogP contribution in [0, 0.1) is 17.0 Å². The number of aryl methyl sites for hydroxylation is 1. The number of benzene rings is 2. The maximum absolute atomic E-state index is 12.7. The second-order valence-electron chi connectivity index (χ2n) is 6.81. The summed E-state index contributed by atoms with van der Waals surface area (Å²) in [5.74, 6) is -0.204. The predicted molar refractivity (Wildman–Crippen MR) is 106 cm³/mol. The number of anilines is 1. The molecule has 0 radical (unpaired) electrons. The number of carbonyl (C=O) groups excluding carboxylic acids is 1. The van der Waals surface area contributed by atoms with Crippen molar-refractivity contribution in [3.8, 4) is 0 Å². The van der Waals surface area contributed by atoms with Gasteiger partial charge in [0.25, 0.3) is 11.6 Å². The third-order valence-electron chi connectivity index (χ3n) is 4.82. The third kappa shape index (κ3) is 4.14. The van der Waals surface area contributed by atoms with Crippen molar-refractivity contribution in [3.05, 3.63) is 63.7 Å². The van der Waals surface area contributed by atoms with Crippen molar-refractivity contribution in [1.29, 1.82) is 0 Å². The molecular weight excluding hydrogens is 382 g/mol. The van der Waals surface area contributed by atoms with Crippen LogP contribution in [0.25, 0.3) is 0 Å². The average molecular weight is 403 g/mol. The first-order valence-corrected chi connectivity index (χ1v) is 10.7. The summed E-state index contributed by atoms with van der Waals surface area (Å²) >= 11 is 0. The van der Waals surface area contributed by atoms with E-state index in [1.165, 1.54) is 18.2 Å².